The first kappa shape index (κ1) is 9.76. The van der Waals surface area contributed by atoms with Crippen LogP contribution < -0.4 is 0 Å². The van der Waals surface area contributed by atoms with E-state index in [4.69, 9.17) is 16.3 Å². The zero-order valence-corrected chi connectivity index (χ0v) is 7.15. The maximum Gasteiger partial charge on any atom is 0.305 e. The van der Waals surface area contributed by atoms with E-state index in [2.05, 4.69) is 0 Å². The van der Waals surface area contributed by atoms with Gasteiger partial charge in [0, 0.05) is 11.8 Å². The number of esters is 1. The fourth-order valence-electron chi connectivity index (χ4n) is 0.550. The van der Waals surface area contributed by atoms with Crippen molar-refractivity contribution in [1.29, 1.82) is 0 Å². The van der Waals surface area contributed by atoms with E-state index in [0.717, 1.165) is 0 Å². The Balaban J connectivity index is 3.22. The van der Waals surface area contributed by atoms with Gasteiger partial charge in [0.25, 0.3) is 0 Å². The Morgan fingerprint density at radius 1 is 1.70 bits per heavy atom. The van der Waals surface area contributed by atoms with Crippen molar-refractivity contribution in [1.82, 2.24) is 0 Å². The van der Waals surface area contributed by atoms with Gasteiger partial charge in [0.05, 0.1) is 6.61 Å². The molecule has 0 unspecified atom stereocenters. The highest BCUT2D eigenvalue weighted by molar-refractivity contribution is 6.20. The van der Waals surface area contributed by atoms with E-state index in [9.17, 15) is 4.79 Å². The van der Waals surface area contributed by atoms with Crippen LogP contribution in [0, 0.1) is 0 Å². The van der Waals surface area contributed by atoms with Gasteiger partial charge < -0.3 is 4.74 Å². The van der Waals surface area contributed by atoms with E-state index in [1.54, 1.807) is 6.92 Å². The molecule has 0 radical (unpaired) electrons. The van der Waals surface area contributed by atoms with Gasteiger partial charge in [-0.3, -0.25) is 4.79 Å². The van der Waals surface area contributed by atoms with Crippen LogP contribution in [0.4, 0.5) is 0 Å². The van der Waals surface area contributed by atoms with E-state index in [1.165, 1.54) is 0 Å². The number of rotatable bonds is 4. The smallest absolute Gasteiger partial charge is 0.305 e. The summed E-state index contributed by atoms with van der Waals surface area (Å²) in [6, 6.07) is 0. The van der Waals surface area contributed by atoms with E-state index < -0.39 is 0 Å². The van der Waals surface area contributed by atoms with Gasteiger partial charge in [0.15, 0.2) is 0 Å². The van der Waals surface area contributed by atoms with Crippen molar-refractivity contribution < 1.29 is 9.53 Å². The van der Waals surface area contributed by atoms with E-state index in [0.29, 0.717) is 19.4 Å². The molecule has 0 aliphatic heterocycles. The molecule has 0 aliphatic carbocycles. The highest BCUT2D eigenvalue weighted by Crippen LogP contribution is 2.04. The monoisotopic (exact) mass is 164 g/mol. The molecule has 0 heterocycles. The second-order valence-corrected chi connectivity index (χ2v) is 2.87. The lowest BCUT2D eigenvalue weighted by Gasteiger charge is -2.01. The molecule has 0 aliphatic rings. The van der Waals surface area contributed by atoms with Crippen LogP contribution in [-0.4, -0.2) is 18.0 Å². The summed E-state index contributed by atoms with van der Waals surface area (Å²) in [5.74, 6) is -0.157. The molecule has 0 aromatic carbocycles. The second-order valence-electron chi connectivity index (χ2n) is 2.12. The van der Waals surface area contributed by atoms with Gasteiger partial charge in [-0.05, 0) is 20.3 Å². The van der Waals surface area contributed by atoms with Crippen LogP contribution in [0.3, 0.4) is 0 Å². The topological polar surface area (TPSA) is 26.3 Å². The Morgan fingerprint density at radius 3 is 2.70 bits per heavy atom. The fraction of sp³-hybridized carbons (Fsp3) is 0.857. The summed E-state index contributed by atoms with van der Waals surface area (Å²) in [5.41, 5.74) is 0. The number of carbonyl (C=O) groups is 1. The molecule has 0 bridgehead atoms. The summed E-state index contributed by atoms with van der Waals surface area (Å²) in [4.78, 5) is 10.7. The van der Waals surface area contributed by atoms with Crippen molar-refractivity contribution in [2.75, 3.05) is 6.61 Å². The van der Waals surface area contributed by atoms with Crippen LogP contribution in [0.5, 0.6) is 0 Å². The van der Waals surface area contributed by atoms with Crippen LogP contribution in [-0.2, 0) is 9.53 Å². The van der Waals surface area contributed by atoms with Gasteiger partial charge in [-0.25, -0.2) is 0 Å². The van der Waals surface area contributed by atoms with Crippen LogP contribution in [0.25, 0.3) is 0 Å². The lowest BCUT2D eigenvalue weighted by atomic mass is 10.2. The maximum atomic E-state index is 10.7. The SMILES string of the molecule is CCOC(=O)CC[C@@H](C)Cl. The Kier molecular flexibility index (Phi) is 5.40. The van der Waals surface area contributed by atoms with Gasteiger partial charge in [0.2, 0.25) is 0 Å². The van der Waals surface area contributed by atoms with Crippen molar-refractivity contribution in [2.45, 2.75) is 32.1 Å². The van der Waals surface area contributed by atoms with Gasteiger partial charge in [-0.2, -0.15) is 0 Å². The molecule has 0 aromatic rings. The van der Waals surface area contributed by atoms with E-state index >= 15 is 0 Å². The average molecular weight is 165 g/mol. The van der Waals surface area contributed by atoms with Crippen molar-refractivity contribution in [2.24, 2.45) is 0 Å². The Labute approximate surface area is 66.5 Å². The largest absolute Gasteiger partial charge is 0.466 e. The quantitative estimate of drug-likeness (QED) is 0.469. The third kappa shape index (κ3) is 5.89. The number of hydrogen-bond acceptors (Lipinski definition) is 2. The summed E-state index contributed by atoms with van der Waals surface area (Å²) in [6.07, 6.45) is 1.12. The average Bonchev–Trinajstić information content (AvgIpc) is 1.85. The van der Waals surface area contributed by atoms with Crippen molar-refractivity contribution in [3.63, 3.8) is 0 Å². The first-order chi connectivity index (χ1) is 4.66. The summed E-state index contributed by atoms with van der Waals surface area (Å²) in [7, 11) is 0. The molecule has 0 fully saturated rings. The molecule has 0 aromatic heterocycles. The van der Waals surface area contributed by atoms with Crippen molar-refractivity contribution >= 4 is 17.6 Å². The molecule has 0 spiro atoms. The molecule has 0 rings (SSSR count). The van der Waals surface area contributed by atoms with Crippen LogP contribution in [0.2, 0.25) is 0 Å². The van der Waals surface area contributed by atoms with Gasteiger partial charge in [-0.1, -0.05) is 0 Å². The summed E-state index contributed by atoms with van der Waals surface area (Å²) in [5, 5.41) is 0.0596. The Bertz CT molecular complexity index is 102. The minimum Gasteiger partial charge on any atom is -0.466 e. The predicted molar refractivity (Wildman–Crippen MR) is 41.2 cm³/mol. The highest BCUT2D eigenvalue weighted by atomic mass is 35.5. The first-order valence-electron chi connectivity index (χ1n) is 3.46. The van der Waals surface area contributed by atoms with Crippen LogP contribution in [0.15, 0.2) is 0 Å². The van der Waals surface area contributed by atoms with E-state index in [1.807, 2.05) is 6.92 Å². The number of hydrogen-bond donors (Lipinski definition) is 0. The lowest BCUT2D eigenvalue weighted by molar-refractivity contribution is -0.143. The van der Waals surface area contributed by atoms with Crippen LogP contribution >= 0.6 is 11.6 Å². The number of ether oxygens (including phenoxy) is 1. The molecule has 0 amide bonds. The first-order valence-corrected chi connectivity index (χ1v) is 3.90. The number of alkyl halides is 1. The molecule has 1 atom stereocenters. The highest BCUT2D eigenvalue weighted by Gasteiger charge is 2.03. The van der Waals surface area contributed by atoms with Crippen molar-refractivity contribution in [3.8, 4) is 0 Å². The van der Waals surface area contributed by atoms with Gasteiger partial charge >= 0.3 is 5.97 Å². The number of halogens is 1. The molecule has 10 heavy (non-hydrogen) atoms. The third-order valence-corrected chi connectivity index (χ3v) is 1.27. The zero-order chi connectivity index (χ0) is 7.98. The maximum absolute atomic E-state index is 10.7. The molecule has 60 valence electrons. The predicted octanol–water partition coefficient (Wildman–Crippen LogP) is 1.96. The molecule has 0 saturated heterocycles. The summed E-state index contributed by atoms with van der Waals surface area (Å²) < 4.78 is 4.69. The third-order valence-electron chi connectivity index (χ3n) is 1.05. The molecular formula is C7H13ClO2. The Morgan fingerprint density at radius 2 is 2.30 bits per heavy atom. The van der Waals surface area contributed by atoms with Crippen molar-refractivity contribution in [3.05, 3.63) is 0 Å². The molecule has 0 saturated carbocycles. The summed E-state index contributed by atoms with van der Waals surface area (Å²) in [6.45, 7) is 4.11. The van der Waals surface area contributed by atoms with Gasteiger partial charge in [-0.15, -0.1) is 11.6 Å². The van der Waals surface area contributed by atoms with E-state index in [-0.39, 0.29) is 11.3 Å². The second kappa shape index (κ2) is 5.54. The normalized spacial score (nSPS) is 12.7. The van der Waals surface area contributed by atoms with Crippen LogP contribution in [0.1, 0.15) is 26.7 Å². The lowest BCUT2D eigenvalue weighted by Crippen LogP contribution is -2.05. The summed E-state index contributed by atoms with van der Waals surface area (Å²) >= 11 is 5.61. The zero-order valence-electron chi connectivity index (χ0n) is 6.39. The standard InChI is InChI=1S/C7H13ClO2/c1-3-10-7(9)5-4-6(2)8/h6H,3-5H2,1-2H3/t6-/m1/s1. The molecule has 0 N–H and O–H groups in total. The molecular weight excluding hydrogens is 152 g/mol. The molecule has 2 nitrogen and oxygen atoms in total. The minimum absolute atomic E-state index is 0.0596. The Hall–Kier alpha value is -0.240. The van der Waals surface area contributed by atoms with Gasteiger partial charge in [0.1, 0.15) is 0 Å². The number of carbonyl (C=O) groups excluding carboxylic acids is 1. The fourth-order valence-corrected chi connectivity index (χ4v) is 0.659. The molecule has 3 heteroatoms. The minimum atomic E-state index is -0.157.